The fourth-order valence-electron chi connectivity index (χ4n) is 4.68. The summed E-state index contributed by atoms with van der Waals surface area (Å²) in [5.74, 6) is 2.03. The van der Waals surface area contributed by atoms with Crippen molar-refractivity contribution in [3.63, 3.8) is 0 Å². The number of halogens is 1. The van der Waals surface area contributed by atoms with E-state index in [0.29, 0.717) is 24.6 Å². The van der Waals surface area contributed by atoms with Crippen molar-refractivity contribution in [3.8, 4) is 5.75 Å². The number of hydrogen-bond donors (Lipinski definition) is 0. The molecule has 0 N–H and O–H groups in total. The Kier molecular flexibility index (Phi) is 6.29. The number of aromatic nitrogens is 2. The topological polar surface area (TPSA) is 47.4 Å². The molecular weight excluding hydrogens is 446 g/mol. The highest BCUT2D eigenvalue weighted by molar-refractivity contribution is 6.30. The first-order valence-electron chi connectivity index (χ1n) is 11.7. The molecule has 1 aliphatic rings. The third-order valence-electron chi connectivity index (χ3n) is 6.42. The van der Waals surface area contributed by atoms with E-state index in [9.17, 15) is 4.79 Å². The molecule has 3 aromatic carbocycles. The number of ether oxygens (including phenoxy) is 1. The number of nitrogens with zero attached hydrogens (tertiary/aromatic N) is 3. The molecule has 0 bridgehead atoms. The van der Waals surface area contributed by atoms with Gasteiger partial charge in [0.15, 0.2) is 0 Å². The monoisotopic (exact) mass is 473 g/mol. The van der Waals surface area contributed by atoms with Gasteiger partial charge in [0.25, 0.3) is 0 Å². The van der Waals surface area contributed by atoms with Crippen LogP contribution in [0.4, 0.5) is 5.69 Å². The standard InChI is InChI=1S/C28H28ClN3O2/c1-19-11-12-20(2)26(15-19)34-14-6-13-31-25-10-4-3-9-24(25)30-28(31)21-16-27(33)32(18-21)23-8-5-7-22(29)17-23/h3-5,7-12,15,17,21H,6,13-14,16,18H2,1-2H3. The number of fused-ring (bicyclic) bond motifs is 1. The summed E-state index contributed by atoms with van der Waals surface area (Å²) in [6, 6.07) is 21.9. The lowest BCUT2D eigenvalue weighted by Crippen LogP contribution is -2.24. The molecule has 1 aliphatic heterocycles. The van der Waals surface area contributed by atoms with E-state index in [4.69, 9.17) is 21.3 Å². The number of carbonyl (C=O) groups excluding carboxylic acids is 1. The molecule has 1 aromatic heterocycles. The summed E-state index contributed by atoms with van der Waals surface area (Å²) in [6.07, 6.45) is 1.29. The Labute approximate surface area is 204 Å². The minimum absolute atomic E-state index is 0.0267. The number of hydrogen-bond acceptors (Lipinski definition) is 3. The first kappa shape index (κ1) is 22.5. The molecule has 0 saturated carbocycles. The van der Waals surface area contributed by atoms with Crippen molar-refractivity contribution >= 4 is 34.2 Å². The molecule has 5 nitrogen and oxygen atoms in total. The van der Waals surface area contributed by atoms with E-state index in [0.717, 1.165) is 46.8 Å². The number of anilines is 1. The van der Waals surface area contributed by atoms with Crippen molar-refractivity contribution in [2.75, 3.05) is 18.1 Å². The summed E-state index contributed by atoms with van der Waals surface area (Å²) in [5.41, 5.74) is 5.23. The highest BCUT2D eigenvalue weighted by atomic mass is 35.5. The second-order valence-electron chi connectivity index (χ2n) is 8.97. The van der Waals surface area contributed by atoms with E-state index in [1.54, 1.807) is 0 Å². The fourth-order valence-corrected chi connectivity index (χ4v) is 4.87. The Morgan fingerprint density at radius 3 is 2.76 bits per heavy atom. The van der Waals surface area contributed by atoms with Crippen LogP contribution in [0.2, 0.25) is 5.02 Å². The maximum Gasteiger partial charge on any atom is 0.227 e. The molecule has 0 spiro atoms. The number of imidazole rings is 1. The van der Waals surface area contributed by atoms with Crippen molar-refractivity contribution < 1.29 is 9.53 Å². The first-order chi connectivity index (χ1) is 16.5. The lowest BCUT2D eigenvalue weighted by atomic mass is 10.1. The Morgan fingerprint density at radius 1 is 1.06 bits per heavy atom. The number of benzene rings is 3. The second-order valence-corrected chi connectivity index (χ2v) is 9.40. The second kappa shape index (κ2) is 9.51. The van der Waals surface area contributed by atoms with Gasteiger partial charge in [0.05, 0.1) is 17.6 Å². The number of aryl methyl sites for hydroxylation is 3. The van der Waals surface area contributed by atoms with Gasteiger partial charge >= 0.3 is 0 Å². The molecule has 1 saturated heterocycles. The normalized spacial score (nSPS) is 15.9. The third-order valence-corrected chi connectivity index (χ3v) is 6.66. The minimum atomic E-state index is 0.0267. The first-order valence-corrected chi connectivity index (χ1v) is 12.1. The smallest absolute Gasteiger partial charge is 0.227 e. The van der Waals surface area contributed by atoms with Gasteiger partial charge in [0, 0.05) is 36.1 Å². The van der Waals surface area contributed by atoms with Crippen LogP contribution in [-0.2, 0) is 11.3 Å². The Balaban J connectivity index is 1.35. The molecule has 4 aromatic rings. The van der Waals surface area contributed by atoms with Crippen LogP contribution in [-0.4, -0.2) is 28.6 Å². The largest absolute Gasteiger partial charge is 0.493 e. The van der Waals surface area contributed by atoms with Crippen LogP contribution < -0.4 is 9.64 Å². The van der Waals surface area contributed by atoms with Crippen molar-refractivity contribution in [3.05, 3.63) is 88.7 Å². The van der Waals surface area contributed by atoms with Crippen LogP contribution in [0.15, 0.2) is 66.7 Å². The Hall–Kier alpha value is -3.31. The molecule has 1 unspecified atom stereocenters. The summed E-state index contributed by atoms with van der Waals surface area (Å²) in [5, 5.41) is 0.629. The predicted octanol–water partition coefficient (Wildman–Crippen LogP) is 6.30. The lowest BCUT2D eigenvalue weighted by Gasteiger charge is -2.18. The van der Waals surface area contributed by atoms with Gasteiger partial charge in [0.2, 0.25) is 5.91 Å². The third kappa shape index (κ3) is 4.53. The Morgan fingerprint density at radius 2 is 1.91 bits per heavy atom. The molecule has 1 amide bonds. The van der Waals surface area contributed by atoms with E-state index in [1.807, 2.05) is 47.4 Å². The summed E-state index contributed by atoms with van der Waals surface area (Å²) in [4.78, 5) is 19.7. The molecule has 1 fully saturated rings. The van der Waals surface area contributed by atoms with Crippen LogP contribution in [0, 0.1) is 13.8 Å². The zero-order valence-electron chi connectivity index (χ0n) is 19.5. The van der Waals surface area contributed by atoms with E-state index in [1.165, 1.54) is 5.56 Å². The van der Waals surface area contributed by atoms with Crippen molar-refractivity contribution in [1.82, 2.24) is 9.55 Å². The predicted molar refractivity (Wildman–Crippen MR) is 137 cm³/mol. The van der Waals surface area contributed by atoms with E-state index >= 15 is 0 Å². The molecule has 1 atom stereocenters. The average molecular weight is 474 g/mol. The van der Waals surface area contributed by atoms with Gasteiger partial charge in [-0.25, -0.2) is 4.98 Å². The average Bonchev–Trinajstić information content (AvgIpc) is 3.39. The van der Waals surface area contributed by atoms with Crippen LogP contribution in [0.1, 0.15) is 35.7 Å². The van der Waals surface area contributed by atoms with Gasteiger partial charge < -0.3 is 14.2 Å². The van der Waals surface area contributed by atoms with Gasteiger partial charge in [-0.3, -0.25) is 4.79 Å². The van der Waals surface area contributed by atoms with Gasteiger partial charge in [-0.1, -0.05) is 41.9 Å². The SMILES string of the molecule is Cc1ccc(C)c(OCCCn2c(C3CC(=O)N(c4cccc(Cl)c4)C3)nc3ccccc32)c1. The van der Waals surface area contributed by atoms with Crippen molar-refractivity contribution in [1.29, 1.82) is 0 Å². The number of rotatable bonds is 7. The van der Waals surface area contributed by atoms with Crippen LogP contribution in [0.5, 0.6) is 5.75 Å². The van der Waals surface area contributed by atoms with E-state index in [-0.39, 0.29) is 11.8 Å². The van der Waals surface area contributed by atoms with Crippen molar-refractivity contribution in [2.45, 2.75) is 39.2 Å². The summed E-state index contributed by atoms with van der Waals surface area (Å²) in [6.45, 7) is 6.14. The van der Waals surface area contributed by atoms with Crippen molar-refractivity contribution in [2.24, 2.45) is 0 Å². The van der Waals surface area contributed by atoms with Crippen LogP contribution >= 0.6 is 11.6 Å². The highest BCUT2D eigenvalue weighted by Gasteiger charge is 2.34. The number of carbonyl (C=O) groups is 1. The summed E-state index contributed by atoms with van der Waals surface area (Å²) < 4.78 is 8.35. The zero-order chi connectivity index (χ0) is 23.7. The molecular formula is C28H28ClN3O2. The summed E-state index contributed by atoms with van der Waals surface area (Å²) >= 11 is 6.17. The van der Waals surface area contributed by atoms with Gasteiger partial charge in [-0.15, -0.1) is 0 Å². The van der Waals surface area contributed by atoms with Crippen LogP contribution in [0.25, 0.3) is 11.0 Å². The summed E-state index contributed by atoms with van der Waals surface area (Å²) in [7, 11) is 0. The molecule has 34 heavy (non-hydrogen) atoms. The van der Waals surface area contributed by atoms with Gasteiger partial charge in [-0.05, 0) is 67.8 Å². The van der Waals surface area contributed by atoms with Gasteiger partial charge in [-0.2, -0.15) is 0 Å². The quantitative estimate of drug-likeness (QED) is 0.296. The molecule has 5 rings (SSSR count). The van der Waals surface area contributed by atoms with E-state index < -0.39 is 0 Å². The minimum Gasteiger partial charge on any atom is -0.493 e. The zero-order valence-corrected chi connectivity index (χ0v) is 20.3. The molecule has 6 heteroatoms. The van der Waals surface area contributed by atoms with Crippen LogP contribution in [0.3, 0.4) is 0 Å². The Bertz CT molecular complexity index is 1350. The molecule has 0 radical (unpaired) electrons. The molecule has 0 aliphatic carbocycles. The molecule has 2 heterocycles. The maximum absolute atomic E-state index is 12.9. The van der Waals surface area contributed by atoms with Gasteiger partial charge in [0.1, 0.15) is 11.6 Å². The highest BCUT2D eigenvalue weighted by Crippen LogP contribution is 2.34. The number of para-hydroxylation sites is 2. The fraction of sp³-hybridized carbons (Fsp3) is 0.286. The maximum atomic E-state index is 12.9. The lowest BCUT2D eigenvalue weighted by molar-refractivity contribution is -0.117. The number of amides is 1. The molecule has 174 valence electrons. The van der Waals surface area contributed by atoms with E-state index in [2.05, 4.69) is 42.7 Å².